The first-order valence-electron chi connectivity index (χ1n) is 4.10. The largest absolute Gasteiger partial charge is 0.387 e. The summed E-state index contributed by atoms with van der Waals surface area (Å²) in [5, 5.41) is 3.07. The Hall–Kier alpha value is -1.77. The lowest BCUT2D eigenvalue weighted by Gasteiger charge is -2.12. The number of fused-ring (bicyclic) bond motifs is 1. The molecule has 3 N–H and O–H groups in total. The molecule has 66 valence electrons. The standard InChI is InChI=1S/C10H10N2O/c11-10(13)8-2-1-7-3-4-12-6-9(7)5-8/h1-5,12H,6H2,(H2,11,13). The molecular formula is C10H10N2O. The van der Waals surface area contributed by atoms with E-state index in [9.17, 15) is 4.79 Å². The van der Waals surface area contributed by atoms with Gasteiger partial charge < -0.3 is 11.1 Å². The van der Waals surface area contributed by atoms with Gasteiger partial charge in [-0.15, -0.1) is 0 Å². The second kappa shape index (κ2) is 2.94. The Labute approximate surface area is 76.2 Å². The number of hydrogen-bond donors (Lipinski definition) is 2. The third-order valence-electron chi connectivity index (χ3n) is 2.10. The first kappa shape index (κ1) is 7.86. The first-order chi connectivity index (χ1) is 6.27. The summed E-state index contributed by atoms with van der Waals surface area (Å²) < 4.78 is 0. The molecule has 1 aromatic carbocycles. The van der Waals surface area contributed by atoms with Crippen molar-refractivity contribution in [2.45, 2.75) is 6.54 Å². The van der Waals surface area contributed by atoms with E-state index in [1.807, 2.05) is 24.4 Å². The van der Waals surface area contributed by atoms with E-state index in [2.05, 4.69) is 5.32 Å². The zero-order valence-corrected chi connectivity index (χ0v) is 7.08. The van der Waals surface area contributed by atoms with Crippen LogP contribution in [0.15, 0.2) is 24.4 Å². The number of primary amides is 1. The second-order valence-electron chi connectivity index (χ2n) is 2.99. The fourth-order valence-electron chi connectivity index (χ4n) is 1.39. The molecule has 13 heavy (non-hydrogen) atoms. The molecule has 0 aliphatic carbocycles. The minimum atomic E-state index is -0.377. The van der Waals surface area contributed by atoms with Crippen molar-refractivity contribution in [3.8, 4) is 0 Å². The van der Waals surface area contributed by atoms with Crippen molar-refractivity contribution in [3.63, 3.8) is 0 Å². The first-order valence-corrected chi connectivity index (χ1v) is 4.10. The lowest BCUT2D eigenvalue weighted by atomic mass is 10.0. The average Bonchev–Trinajstić information content (AvgIpc) is 2.17. The van der Waals surface area contributed by atoms with Gasteiger partial charge in [0.25, 0.3) is 0 Å². The lowest BCUT2D eigenvalue weighted by Crippen LogP contribution is -2.14. The van der Waals surface area contributed by atoms with Crippen LogP contribution in [0.2, 0.25) is 0 Å². The SMILES string of the molecule is NC(=O)c1ccc2c(c1)CNC=C2. The predicted octanol–water partition coefficient (Wildman–Crippen LogP) is 0.859. The molecule has 0 aromatic heterocycles. The summed E-state index contributed by atoms with van der Waals surface area (Å²) in [5.74, 6) is -0.377. The molecule has 0 unspecified atom stereocenters. The summed E-state index contributed by atoms with van der Waals surface area (Å²) in [5.41, 5.74) is 7.99. The van der Waals surface area contributed by atoms with Gasteiger partial charge in [0.1, 0.15) is 0 Å². The molecule has 1 heterocycles. The summed E-state index contributed by atoms with van der Waals surface area (Å²) in [6, 6.07) is 5.48. The Morgan fingerprint density at radius 2 is 2.31 bits per heavy atom. The molecular weight excluding hydrogens is 164 g/mol. The van der Waals surface area contributed by atoms with Gasteiger partial charge in [0, 0.05) is 12.1 Å². The molecule has 0 spiro atoms. The van der Waals surface area contributed by atoms with Gasteiger partial charge in [-0.25, -0.2) is 0 Å². The maximum Gasteiger partial charge on any atom is 0.248 e. The summed E-state index contributed by atoms with van der Waals surface area (Å²) in [6.45, 7) is 0.757. The molecule has 0 atom stereocenters. The zero-order chi connectivity index (χ0) is 9.26. The van der Waals surface area contributed by atoms with Crippen LogP contribution < -0.4 is 11.1 Å². The van der Waals surface area contributed by atoms with Gasteiger partial charge in [0.2, 0.25) is 5.91 Å². The number of amides is 1. The quantitative estimate of drug-likeness (QED) is 0.663. The van der Waals surface area contributed by atoms with Gasteiger partial charge in [0.05, 0.1) is 0 Å². The topological polar surface area (TPSA) is 55.1 Å². The molecule has 2 rings (SSSR count). The van der Waals surface area contributed by atoms with Crippen LogP contribution in [0.3, 0.4) is 0 Å². The summed E-state index contributed by atoms with van der Waals surface area (Å²) >= 11 is 0. The normalized spacial score (nSPS) is 13.2. The number of rotatable bonds is 1. The average molecular weight is 174 g/mol. The minimum absolute atomic E-state index is 0.377. The van der Waals surface area contributed by atoms with Gasteiger partial charge >= 0.3 is 0 Å². The Balaban J connectivity index is 2.48. The zero-order valence-electron chi connectivity index (χ0n) is 7.08. The molecule has 1 aliphatic rings. The molecule has 1 aliphatic heterocycles. The lowest BCUT2D eigenvalue weighted by molar-refractivity contribution is 0.1000. The fourth-order valence-corrected chi connectivity index (χ4v) is 1.39. The van der Waals surface area contributed by atoms with Crippen LogP contribution in [0, 0.1) is 0 Å². The van der Waals surface area contributed by atoms with Crippen LogP contribution in [0.4, 0.5) is 0 Å². The number of benzene rings is 1. The third-order valence-corrected chi connectivity index (χ3v) is 2.10. The van der Waals surface area contributed by atoms with Gasteiger partial charge in [-0.2, -0.15) is 0 Å². The molecule has 0 fully saturated rings. The van der Waals surface area contributed by atoms with Crippen molar-refractivity contribution < 1.29 is 4.79 Å². The third kappa shape index (κ3) is 1.40. The van der Waals surface area contributed by atoms with Crippen LogP contribution in [0.5, 0.6) is 0 Å². The molecule has 1 amide bonds. The second-order valence-corrected chi connectivity index (χ2v) is 2.99. The number of nitrogens with one attached hydrogen (secondary N) is 1. The van der Waals surface area contributed by atoms with Crippen LogP contribution in [0.25, 0.3) is 6.08 Å². The summed E-state index contributed by atoms with van der Waals surface area (Å²) in [4.78, 5) is 10.9. The van der Waals surface area contributed by atoms with Gasteiger partial charge in [-0.1, -0.05) is 6.07 Å². The van der Waals surface area contributed by atoms with Gasteiger partial charge in [-0.3, -0.25) is 4.79 Å². The fraction of sp³-hybridized carbons (Fsp3) is 0.100. The minimum Gasteiger partial charge on any atom is -0.387 e. The Bertz CT molecular complexity index is 383. The molecule has 3 heteroatoms. The van der Waals surface area contributed by atoms with Crippen LogP contribution >= 0.6 is 0 Å². The number of carbonyl (C=O) groups is 1. The smallest absolute Gasteiger partial charge is 0.248 e. The van der Waals surface area contributed by atoms with E-state index < -0.39 is 0 Å². The van der Waals surface area contributed by atoms with Crippen LogP contribution in [-0.4, -0.2) is 5.91 Å². The number of carbonyl (C=O) groups excluding carboxylic acids is 1. The maximum absolute atomic E-state index is 10.9. The van der Waals surface area contributed by atoms with Crippen molar-refractivity contribution >= 4 is 12.0 Å². The van der Waals surface area contributed by atoms with E-state index in [0.717, 1.165) is 17.7 Å². The molecule has 0 bridgehead atoms. The van der Waals surface area contributed by atoms with Crippen molar-refractivity contribution in [3.05, 3.63) is 41.1 Å². The molecule has 3 nitrogen and oxygen atoms in total. The van der Waals surface area contributed by atoms with E-state index in [0.29, 0.717) is 5.56 Å². The highest BCUT2D eigenvalue weighted by atomic mass is 16.1. The van der Waals surface area contributed by atoms with Crippen LogP contribution in [-0.2, 0) is 6.54 Å². The molecule has 1 aromatic rings. The highest BCUT2D eigenvalue weighted by Crippen LogP contribution is 2.16. The summed E-state index contributed by atoms with van der Waals surface area (Å²) in [7, 11) is 0. The van der Waals surface area contributed by atoms with Crippen molar-refractivity contribution in [2.75, 3.05) is 0 Å². The molecule has 0 saturated carbocycles. The van der Waals surface area contributed by atoms with E-state index in [-0.39, 0.29) is 5.91 Å². The van der Waals surface area contributed by atoms with Crippen molar-refractivity contribution in [1.82, 2.24) is 5.32 Å². The molecule has 0 saturated heterocycles. The maximum atomic E-state index is 10.9. The van der Waals surface area contributed by atoms with Gasteiger partial charge in [0.15, 0.2) is 0 Å². The Kier molecular flexibility index (Phi) is 1.77. The van der Waals surface area contributed by atoms with Gasteiger partial charge in [-0.05, 0) is 35.5 Å². The number of hydrogen-bond acceptors (Lipinski definition) is 2. The van der Waals surface area contributed by atoms with E-state index >= 15 is 0 Å². The Morgan fingerprint density at radius 1 is 1.46 bits per heavy atom. The molecule has 0 radical (unpaired) electrons. The monoisotopic (exact) mass is 174 g/mol. The van der Waals surface area contributed by atoms with Crippen molar-refractivity contribution in [1.29, 1.82) is 0 Å². The van der Waals surface area contributed by atoms with E-state index in [4.69, 9.17) is 5.73 Å². The highest BCUT2D eigenvalue weighted by molar-refractivity contribution is 5.93. The Morgan fingerprint density at radius 3 is 3.08 bits per heavy atom. The summed E-state index contributed by atoms with van der Waals surface area (Å²) in [6.07, 6.45) is 3.87. The van der Waals surface area contributed by atoms with E-state index in [1.165, 1.54) is 0 Å². The van der Waals surface area contributed by atoms with Crippen molar-refractivity contribution in [2.24, 2.45) is 5.73 Å². The van der Waals surface area contributed by atoms with E-state index in [1.54, 1.807) is 6.07 Å². The predicted molar refractivity (Wildman–Crippen MR) is 50.8 cm³/mol. The highest BCUT2D eigenvalue weighted by Gasteiger charge is 2.06. The van der Waals surface area contributed by atoms with Crippen LogP contribution in [0.1, 0.15) is 21.5 Å². The number of nitrogens with two attached hydrogens (primary N) is 1.